The van der Waals surface area contributed by atoms with Crippen LogP contribution in [0.1, 0.15) is 34.6 Å². The van der Waals surface area contributed by atoms with Crippen molar-refractivity contribution in [1.29, 1.82) is 0 Å². The number of hydrogen-bond donors (Lipinski definition) is 1. The molecule has 2 heterocycles. The van der Waals surface area contributed by atoms with Crippen LogP contribution in [0.3, 0.4) is 0 Å². The number of nitrogens with zero attached hydrogens (tertiary/aromatic N) is 5. The fraction of sp³-hybridized carbons (Fsp3) is 0.450. The van der Waals surface area contributed by atoms with Gasteiger partial charge in [0, 0.05) is 20.1 Å². The zero-order valence-electron chi connectivity index (χ0n) is 16.8. The molecule has 1 fully saturated rings. The maximum absolute atomic E-state index is 12.8. The zero-order valence-corrected chi connectivity index (χ0v) is 16.8. The van der Waals surface area contributed by atoms with E-state index in [9.17, 15) is 14.4 Å². The van der Waals surface area contributed by atoms with Gasteiger partial charge in [0.25, 0.3) is 5.91 Å². The topological polar surface area (TPSA) is 109 Å². The Kier molecular flexibility index (Phi) is 5.95. The van der Waals surface area contributed by atoms with Crippen LogP contribution in [0.4, 0.5) is 0 Å². The summed E-state index contributed by atoms with van der Waals surface area (Å²) in [7, 11) is 1.55. The Morgan fingerprint density at radius 2 is 1.76 bits per heavy atom. The van der Waals surface area contributed by atoms with Crippen LogP contribution >= 0.6 is 0 Å². The van der Waals surface area contributed by atoms with Crippen LogP contribution in [-0.4, -0.2) is 74.4 Å². The predicted molar refractivity (Wildman–Crippen MR) is 105 cm³/mol. The summed E-state index contributed by atoms with van der Waals surface area (Å²) >= 11 is 0. The van der Waals surface area contributed by atoms with Crippen molar-refractivity contribution in [2.24, 2.45) is 5.92 Å². The second kappa shape index (κ2) is 8.42. The second-order valence-electron chi connectivity index (χ2n) is 7.43. The summed E-state index contributed by atoms with van der Waals surface area (Å²) in [6.07, 6.45) is 0.867. The van der Waals surface area contributed by atoms with E-state index in [1.54, 1.807) is 23.6 Å². The lowest BCUT2D eigenvalue weighted by Gasteiger charge is -2.31. The van der Waals surface area contributed by atoms with Crippen molar-refractivity contribution in [2.75, 3.05) is 26.7 Å². The van der Waals surface area contributed by atoms with Crippen molar-refractivity contribution >= 4 is 17.8 Å². The first-order valence-electron chi connectivity index (χ1n) is 9.53. The molecule has 3 rings (SSSR count). The lowest BCUT2D eigenvalue weighted by atomic mass is 9.97. The first-order chi connectivity index (χ1) is 13.8. The number of aliphatic carboxylic acids is 1. The van der Waals surface area contributed by atoms with Gasteiger partial charge in [0.2, 0.25) is 5.91 Å². The summed E-state index contributed by atoms with van der Waals surface area (Å²) in [4.78, 5) is 39.3. The normalized spacial score (nSPS) is 14.7. The summed E-state index contributed by atoms with van der Waals surface area (Å²) < 4.78 is 1.60. The maximum Gasteiger partial charge on any atom is 0.306 e. The van der Waals surface area contributed by atoms with Gasteiger partial charge >= 0.3 is 5.97 Å². The van der Waals surface area contributed by atoms with Gasteiger partial charge in [-0.25, -0.2) is 4.68 Å². The van der Waals surface area contributed by atoms with E-state index < -0.39 is 11.9 Å². The van der Waals surface area contributed by atoms with E-state index >= 15 is 0 Å². The molecule has 1 aliphatic rings. The number of piperidine rings is 1. The minimum Gasteiger partial charge on any atom is -0.481 e. The van der Waals surface area contributed by atoms with Crippen molar-refractivity contribution in [1.82, 2.24) is 24.8 Å². The fourth-order valence-electron chi connectivity index (χ4n) is 3.39. The smallest absolute Gasteiger partial charge is 0.306 e. The van der Waals surface area contributed by atoms with Crippen LogP contribution in [0.2, 0.25) is 0 Å². The van der Waals surface area contributed by atoms with Crippen LogP contribution in [0.15, 0.2) is 24.3 Å². The maximum atomic E-state index is 12.8. The molecule has 154 valence electrons. The van der Waals surface area contributed by atoms with Crippen LogP contribution < -0.4 is 0 Å². The number of amides is 2. The van der Waals surface area contributed by atoms with Gasteiger partial charge in [-0.3, -0.25) is 14.4 Å². The summed E-state index contributed by atoms with van der Waals surface area (Å²) in [6, 6.07) is 7.71. The third-order valence-corrected chi connectivity index (χ3v) is 5.29. The summed E-state index contributed by atoms with van der Waals surface area (Å²) in [5, 5.41) is 17.2. The number of likely N-dealkylation sites (N-methyl/N-ethyl adjacent to an activating group) is 1. The zero-order chi connectivity index (χ0) is 21.1. The molecule has 0 aliphatic carbocycles. The van der Waals surface area contributed by atoms with E-state index in [-0.39, 0.29) is 24.1 Å². The third-order valence-electron chi connectivity index (χ3n) is 5.29. The molecule has 0 saturated carbocycles. The molecule has 1 aromatic heterocycles. The standard InChI is InChI=1S/C20H25N5O4/c1-13-4-6-16(7-5-13)25-14(2)18(21-22-25)19(27)23(3)12-17(26)24-10-8-15(9-11-24)20(28)29/h4-7,15H,8-12H2,1-3H3,(H,28,29). The molecule has 2 aromatic rings. The molecule has 1 aliphatic heterocycles. The minimum atomic E-state index is -0.823. The molecular formula is C20H25N5O4. The number of carbonyl (C=O) groups is 3. The van der Waals surface area contributed by atoms with Gasteiger partial charge in [-0.15, -0.1) is 5.10 Å². The highest BCUT2D eigenvalue weighted by atomic mass is 16.4. The van der Waals surface area contributed by atoms with Gasteiger partial charge in [0.15, 0.2) is 5.69 Å². The van der Waals surface area contributed by atoms with Crippen LogP contribution in [0.5, 0.6) is 0 Å². The third kappa shape index (κ3) is 4.44. The molecule has 1 saturated heterocycles. The molecule has 29 heavy (non-hydrogen) atoms. The average Bonchev–Trinajstić information content (AvgIpc) is 3.09. The molecule has 1 aromatic carbocycles. The SMILES string of the molecule is Cc1ccc(-n2nnc(C(=O)N(C)CC(=O)N3CCC(C(=O)O)CC3)c2C)cc1. The summed E-state index contributed by atoms with van der Waals surface area (Å²) in [5.74, 6) is -1.81. The summed E-state index contributed by atoms with van der Waals surface area (Å²) in [6.45, 7) is 4.44. The van der Waals surface area contributed by atoms with E-state index in [0.29, 0.717) is 31.6 Å². The molecule has 9 heteroatoms. The highest BCUT2D eigenvalue weighted by Gasteiger charge is 2.29. The number of benzene rings is 1. The van der Waals surface area contributed by atoms with Gasteiger partial charge in [-0.2, -0.15) is 0 Å². The van der Waals surface area contributed by atoms with Gasteiger partial charge in [-0.05, 0) is 38.8 Å². The molecule has 0 unspecified atom stereocenters. The molecule has 9 nitrogen and oxygen atoms in total. The van der Waals surface area contributed by atoms with Crippen molar-refractivity contribution in [3.63, 3.8) is 0 Å². The Morgan fingerprint density at radius 3 is 2.34 bits per heavy atom. The number of likely N-dealkylation sites (tertiary alicyclic amines) is 1. The predicted octanol–water partition coefficient (Wildman–Crippen LogP) is 1.28. The monoisotopic (exact) mass is 399 g/mol. The Hall–Kier alpha value is -3.23. The average molecular weight is 399 g/mol. The molecular weight excluding hydrogens is 374 g/mol. The first-order valence-corrected chi connectivity index (χ1v) is 9.53. The van der Waals surface area contributed by atoms with Crippen LogP contribution in [0, 0.1) is 19.8 Å². The van der Waals surface area contributed by atoms with Crippen molar-refractivity contribution in [2.45, 2.75) is 26.7 Å². The van der Waals surface area contributed by atoms with Crippen LogP contribution in [0.25, 0.3) is 5.69 Å². The molecule has 0 atom stereocenters. The van der Waals surface area contributed by atoms with Gasteiger partial charge in [0.05, 0.1) is 23.8 Å². The number of carboxylic acid groups (broad SMARTS) is 1. The molecule has 1 N–H and O–H groups in total. The largest absolute Gasteiger partial charge is 0.481 e. The van der Waals surface area contributed by atoms with Crippen LogP contribution in [-0.2, 0) is 9.59 Å². The van der Waals surface area contributed by atoms with E-state index in [4.69, 9.17) is 5.11 Å². The number of carboxylic acids is 1. The number of carbonyl (C=O) groups excluding carboxylic acids is 2. The minimum absolute atomic E-state index is 0.0899. The molecule has 2 amide bonds. The van der Waals surface area contributed by atoms with Gasteiger partial charge in [-0.1, -0.05) is 22.9 Å². The Bertz CT molecular complexity index is 913. The van der Waals surface area contributed by atoms with E-state index in [2.05, 4.69) is 10.3 Å². The van der Waals surface area contributed by atoms with Gasteiger partial charge < -0.3 is 14.9 Å². The van der Waals surface area contributed by atoms with E-state index in [1.165, 1.54) is 4.90 Å². The number of aryl methyl sites for hydroxylation is 1. The fourth-order valence-corrected chi connectivity index (χ4v) is 3.39. The van der Waals surface area contributed by atoms with E-state index in [0.717, 1.165) is 11.3 Å². The second-order valence-corrected chi connectivity index (χ2v) is 7.43. The molecule has 0 bridgehead atoms. The first kappa shape index (κ1) is 20.5. The number of hydrogen-bond acceptors (Lipinski definition) is 5. The van der Waals surface area contributed by atoms with Crippen molar-refractivity contribution in [3.8, 4) is 5.69 Å². The highest BCUT2D eigenvalue weighted by Crippen LogP contribution is 2.18. The highest BCUT2D eigenvalue weighted by molar-refractivity contribution is 5.95. The lowest BCUT2D eigenvalue weighted by molar-refractivity contribution is -0.145. The Labute approximate surface area is 168 Å². The lowest BCUT2D eigenvalue weighted by Crippen LogP contribution is -2.45. The quantitative estimate of drug-likeness (QED) is 0.811. The molecule has 0 radical (unpaired) electrons. The Balaban J connectivity index is 1.64. The molecule has 0 spiro atoms. The van der Waals surface area contributed by atoms with Crippen molar-refractivity contribution < 1.29 is 19.5 Å². The number of rotatable bonds is 5. The number of aromatic nitrogens is 3. The van der Waals surface area contributed by atoms with Crippen molar-refractivity contribution in [3.05, 3.63) is 41.2 Å². The Morgan fingerprint density at radius 1 is 1.14 bits per heavy atom. The van der Waals surface area contributed by atoms with E-state index in [1.807, 2.05) is 31.2 Å². The van der Waals surface area contributed by atoms with Gasteiger partial charge in [0.1, 0.15) is 0 Å². The summed E-state index contributed by atoms with van der Waals surface area (Å²) in [5.41, 5.74) is 2.72.